The molecule has 1 heterocycles. The van der Waals surface area contributed by atoms with Crippen molar-refractivity contribution in [3.63, 3.8) is 0 Å². The fourth-order valence-corrected chi connectivity index (χ4v) is 1.24. The van der Waals surface area contributed by atoms with Gasteiger partial charge in [-0.1, -0.05) is 0 Å². The molecule has 0 aliphatic rings. The Kier molecular flexibility index (Phi) is 3.71. The number of methoxy groups -OCH3 is 1. The Bertz CT molecular complexity index is 282. The van der Waals surface area contributed by atoms with E-state index < -0.39 is 0 Å². The summed E-state index contributed by atoms with van der Waals surface area (Å²) in [6.45, 7) is 3.68. The smallest absolute Gasteiger partial charge is 0.322 e. The highest BCUT2D eigenvalue weighted by atomic mass is 16.5. The van der Waals surface area contributed by atoms with Gasteiger partial charge in [0.2, 0.25) is 0 Å². The summed E-state index contributed by atoms with van der Waals surface area (Å²) in [7, 11) is 1.37. The van der Waals surface area contributed by atoms with Crippen LogP contribution in [0.2, 0.25) is 0 Å². The molecule has 0 saturated carbocycles. The van der Waals surface area contributed by atoms with Crippen LogP contribution < -0.4 is 5.32 Å². The number of hydrogen-bond acceptors (Lipinski definition) is 4. The SMILES string of the molecule is COC(=O)C(C)N[C@H](C)c1ccco1. The Labute approximate surface area is 83.2 Å². The molecule has 1 rings (SSSR count). The molecule has 1 N–H and O–H groups in total. The second-order valence-corrected chi connectivity index (χ2v) is 3.15. The van der Waals surface area contributed by atoms with E-state index in [1.54, 1.807) is 13.2 Å². The Balaban J connectivity index is 2.49. The summed E-state index contributed by atoms with van der Waals surface area (Å²) in [5, 5.41) is 3.06. The predicted octanol–water partition coefficient (Wildman–Crippen LogP) is 1.49. The Morgan fingerprint density at radius 2 is 2.29 bits per heavy atom. The van der Waals surface area contributed by atoms with Crippen molar-refractivity contribution in [2.24, 2.45) is 0 Å². The van der Waals surface area contributed by atoms with Gasteiger partial charge in [-0.3, -0.25) is 10.1 Å². The molecule has 0 radical (unpaired) electrons. The molecule has 4 heteroatoms. The molecule has 14 heavy (non-hydrogen) atoms. The maximum atomic E-state index is 11.1. The minimum absolute atomic E-state index is 0.000833. The van der Waals surface area contributed by atoms with Crippen LogP contribution in [0.15, 0.2) is 22.8 Å². The molecule has 1 aromatic rings. The lowest BCUT2D eigenvalue weighted by atomic mass is 10.2. The zero-order chi connectivity index (χ0) is 10.6. The third kappa shape index (κ3) is 2.60. The zero-order valence-electron chi connectivity index (χ0n) is 8.61. The molecule has 4 nitrogen and oxygen atoms in total. The van der Waals surface area contributed by atoms with Crippen LogP contribution in [0, 0.1) is 0 Å². The van der Waals surface area contributed by atoms with Gasteiger partial charge < -0.3 is 9.15 Å². The predicted molar refractivity (Wildman–Crippen MR) is 51.7 cm³/mol. The van der Waals surface area contributed by atoms with Crippen molar-refractivity contribution in [1.29, 1.82) is 0 Å². The molecular weight excluding hydrogens is 182 g/mol. The number of ether oxygens (including phenoxy) is 1. The van der Waals surface area contributed by atoms with Crippen molar-refractivity contribution >= 4 is 5.97 Å². The lowest BCUT2D eigenvalue weighted by Gasteiger charge is -2.16. The van der Waals surface area contributed by atoms with Crippen molar-refractivity contribution < 1.29 is 13.9 Å². The summed E-state index contributed by atoms with van der Waals surface area (Å²) in [5.41, 5.74) is 0. The van der Waals surface area contributed by atoms with Crippen LogP contribution in [0.3, 0.4) is 0 Å². The molecule has 1 aromatic heterocycles. The van der Waals surface area contributed by atoms with E-state index in [0.717, 1.165) is 5.76 Å². The van der Waals surface area contributed by atoms with Crippen molar-refractivity contribution in [3.8, 4) is 0 Å². The van der Waals surface area contributed by atoms with Crippen LogP contribution in [0.4, 0.5) is 0 Å². The Morgan fingerprint density at radius 3 is 2.79 bits per heavy atom. The van der Waals surface area contributed by atoms with Gasteiger partial charge in [0.05, 0.1) is 19.4 Å². The average Bonchev–Trinajstić information content (AvgIpc) is 2.69. The van der Waals surface area contributed by atoms with E-state index in [4.69, 9.17) is 4.42 Å². The number of rotatable bonds is 4. The van der Waals surface area contributed by atoms with E-state index in [2.05, 4.69) is 10.1 Å². The first-order chi connectivity index (χ1) is 6.65. The van der Waals surface area contributed by atoms with E-state index in [-0.39, 0.29) is 18.1 Å². The highest BCUT2D eigenvalue weighted by molar-refractivity contribution is 5.75. The van der Waals surface area contributed by atoms with Gasteiger partial charge in [-0.05, 0) is 26.0 Å². The molecule has 0 fully saturated rings. The molecule has 0 saturated heterocycles. The fraction of sp³-hybridized carbons (Fsp3) is 0.500. The van der Waals surface area contributed by atoms with Crippen LogP contribution in [-0.2, 0) is 9.53 Å². The molecule has 2 atom stereocenters. The molecule has 0 aliphatic carbocycles. The van der Waals surface area contributed by atoms with Gasteiger partial charge in [0.25, 0.3) is 0 Å². The maximum absolute atomic E-state index is 11.1. The second kappa shape index (κ2) is 4.81. The van der Waals surface area contributed by atoms with Crippen LogP contribution in [0.5, 0.6) is 0 Å². The molecule has 0 spiro atoms. The summed E-state index contributed by atoms with van der Waals surface area (Å²) in [4.78, 5) is 11.1. The number of esters is 1. The highest BCUT2D eigenvalue weighted by Gasteiger charge is 2.17. The summed E-state index contributed by atoms with van der Waals surface area (Å²) in [5.74, 6) is 0.532. The zero-order valence-corrected chi connectivity index (χ0v) is 8.61. The van der Waals surface area contributed by atoms with E-state index in [1.807, 2.05) is 19.1 Å². The van der Waals surface area contributed by atoms with Crippen LogP contribution in [-0.4, -0.2) is 19.1 Å². The van der Waals surface area contributed by atoms with E-state index in [1.165, 1.54) is 7.11 Å². The lowest BCUT2D eigenvalue weighted by Crippen LogP contribution is -2.36. The molecule has 0 bridgehead atoms. The van der Waals surface area contributed by atoms with Crippen molar-refractivity contribution in [3.05, 3.63) is 24.2 Å². The number of furan rings is 1. The summed E-state index contributed by atoms with van der Waals surface area (Å²) in [6, 6.07) is 3.34. The number of carbonyl (C=O) groups is 1. The summed E-state index contributed by atoms with van der Waals surface area (Å²) >= 11 is 0. The van der Waals surface area contributed by atoms with Crippen LogP contribution >= 0.6 is 0 Å². The van der Waals surface area contributed by atoms with Gasteiger partial charge in [0, 0.05) is 0 Å². The topological polar surface area (TPSA) is 51.5 Å². The van der Waals surface area contributed by atoms with Gasteiger partial charge in [-0.2, -0.15) is 0 Å². The second-order valence-electron chi connectivity index (χ2n) is 3.15. The first-order valence-corrected chi connectivity index (χ1v) is 4.52. The molecule has 78 valence electrons. The standard InChI is InChI=1S/C10H15NO3/c1-7(9-5-4-6-14-9)11-8(2)10(12)13-3/h4-8,11H,1-3H3/t7-,8?/m1/s1. The minimum atomic E-state index is -0.333. The quantitative estimate of drug-likeness (QED) is 0.743. The van der Waals surface area contributed by atoms with Crippen molar-refractivity contribution in [2.75, 3.05) is 7.11 Å². The lowest BCUT2D eigenvalue weighted by molar-refractivity contribution is -0.142. The highest BCUT2D eigenvalue weighted by Crippen LogP contribution is 2.12. The molecule has 0 amide bonds. The van der Waals surface area contributed by atoms with Gasteiger partial charge in [0.1, 0.15) is 11.8 Å². The first-order valence-electron chi connectivity index (χ1n) is 4.52. The average molecular weight is 197 g/mol. The third-order valence-corrected chi connectivity index (χ3v) is 2.02. The van der Waals surface area contributed by atoms with Gasteiger partial charge >= 0.3 is 5.97 Å². The molecule has 0 aromatic carbocycles. The van der Waals surface area contributed by atoms with Crippen molar-refractivity contribution in [2.45, 2.75) is 25.9 Å². The summed E-state index contributed by atoms with van der Waals surface area (Å²) < 4.78 is 9.79. The summed E-state index contributed by atoms with van der Waals surface area (Å²) in [6.07, 6.45) is 1.61. The molecule has 0 aliphatic heterocycles. The number of nitrogens with one attached hydrogen (secondary N) is 1. The molecular formula is C10H15NO3. The van der Waals surface area contributed by atoms with E-state index >= 15 is 0 Å². The Hall–Kier alpha value is -1.29. The minimum Gasteiger partial charge on any atom is -0.468 e. The maximum Gasteiger partial charge on any atom is 0.322 e. The van der Waals surface area contributed by atoms with Gasteiger partial charge in [-0.25, -0.2) is 0 Å². The Morgan fingerprint density at radius 1 is 1.57 bits per heavy atom. The fourth-order valence-electron chi connectivity index (χ4n) is 1.24. The first kappa shape index (κ1) is 10.8. The van der Waals surface area contributed by atoms with Crippen molar-refractivity contribution in [1.82, 2.24) is 5.32 Å². The third-order valence-electron chi connectivity index (χ3n) is 2.02. The largest absolute Gasteiger partial charge is 0.468 e. The molecule has 1 unspecified atom stereocenters. The normalized spacial score (nSPS) is 14.8. The monoisotopic (exact) mass is 197 g/mol. The van der Waals surface area contributed by atoms with E-state index in [9.17, 15) is 4.79 Å². The number of hydrogen-bond donors (Lipinski definition) is 1. The van der Waals surface area contributed by atoms with Crippen LogP contribution in [0.1, 0.15) is 25.6 Å². The number of carbonyl (C=O) groups excluding carboxylic acids is 1. The van der Waals surface area contributed by atoms with Crippen LogP contribution in [0.25, 0.3) is 0 Å². The van der Waals surface area contributed by atoms with Gasteiger partial charge in [0.15, 0.2) is 0 Å². The van der Waals surface area contributed by atoms with Gasteiger partial charge in [-0.15, -0.1) is 0 Å². The van der Waals surface area contributed by atoms with E-state index in [0.29, 0.717) is 0 Å².